The van der Waals surface area contributed by atoms with Gasteiger partial charge in [0.2, 0.25) is 0 Å². The summed E-state index contributed by atoms with van der Waals surface area (Å²) < 4.78 is 4.85. The molecule has 110 valence electrons. The van der Waals surface area contributed by atoms with Gasteiger partial charge in [0.25, 0.3) is 5.91 Å². The molecule has 0 fully saturated rings. The Bertz CT molecular complexity index is 652. The molecule has 1 aromatic carbocycles. The van der Waals surface area contributed by atoms with Gasteiger partial charge in [0, 0.05) is 31.7 Å². The largest absolute Gasteiger partial charge is 0.480 e. The number of benzene rings is 1. The zero-order valence-electron chi connectivity index (χ0n) is 11.6. The maximum Gasteiger partial charge on any atom is 0.326 e. The summed E-state index contributed by atoms with van der Waals surface area (Å²) in [6.07, 6.45) is 1.80. The first kappa shape index (κ1) is 14.9. The Hall–Kier alpha value is -2.47. The summed E-state index contributed by atoms with van der Waals surface area (Å²) in [5.41, 5.74) is 0.908. The average Bonchev–Trinajstić information content (AvgIpc) is 2.50. The summed E-state index contributed by atoms with van der Waals surface area (Å²) in [5.74, 6) is -1.55. The number of nitrogens with one attached hydrogen (secondary N) is 1. The second-order valence-corrected chi connectivity index (χ2v) is 4.53. The van der Waals surface area contributed by atoms with E-state index < -0.39 is 17.9 Å². The van der Waals surface area contributed by atoms with Crippen LogP contribution in [0.4, 0.5) is 0 Å². The molecular formula is C15H16N2O4. The van der Waals surface area contributed by atoms with Crippen LogP contribution in [0.25, 0.3) is 10.9 Å². The molecule has 1 aromatic heterocycles. The predicted octanol–water partition coefficient (Wildman–Crippen LogP) is 1.45. The van der Waals surface area contributed by atoms with Crippen LogP contribution in [-0.2, 0) is 9.53 Å². The summed E-state index contributed by atoms with van der Waals surface area (Å²) in [7, 11) is 1.48. The van der Waals surface area contributed by atoms with Crippen molar-refractivity contribution in [3.05, 3.63) is 42.1 Å². The molecule has 0 aliphatic carbocycles. The van der Waals surface area contributed by atoms with E-state index in [0.29, 0.717) is 11.1 Å². The van der Waals surface area contributed by atoms with E-state index in [-0.39, 0.29) is 13.0 Å². The highest BCUT2D eigenvalue weighted by Crippen LogP contribution is 2.16. The smallest absolute Gasteiger partial charge is 0.326 e. The molecule has 1 unspecified atom stereocenters. The number of fused-ring (bicyclic) bond motifs is 1. The molecule has 0 aliphatic heterocycles. The number of ether oxygens (including phenoxy) is 1. The monoisotopic (exact) mass is 288 g/mol. The molecule has 2 rings (SSSR count). The Morgan fingerprint density at radius 3 is 2.81 bits per heavy atom. The second kappa shape index (κ2) is 6.81. The van der Waals surface area contributed by atoms with E-state index in [2.05, 4.69) is 10.3 Å². The lowest BCUT2D eigenvalue weighted by atomic mass is 10.1. The van der Waals surface area contributed by atoms with Crippen LogP contribution in [0.2, 0.25) is 0 Å². The van der Waals surface area contributed by atoms with Crippen molar-refractivity contribution in [1.29, 1.82) is 0 Å². The van der Waals surface area contributed by atoms with Crippen LogP contribution in [0, 0.1) is 0 Å². The van der Waals surface area contributed by atoms with E-state index in [1.54, 1.807) is 24.4 Å². The summed E-state index contributed by atoms with van der Waals surface area (Å²) in [6.45, 7) is 0.255. The molecular weight excluding hydrogens is 272 g/mol. The number of nitrogens with zero attached hydrogens (tertiary/aromatic N) is 1. The SMILES string of the molecule is COCCC(NC(=O)c1cccc2cccnc12)C(=O)O. The summed E-state index contributed by atoms with van der Waals surface area (Å²) >= 11 is 0. The second-order valence-electron chi connectivity index (χ2n) is 4.53. The fourth-order valence-corrected chi connectivity index (χ4v) is 2.02. The fourth-order valence-electron chi connectivity index (χ4n) is 2.02. The molecule has 0 radical (unpaired) electrons. The van der Waals surface area contributed by atoms with Crippen molar-refractivity contribution in [3.8, 4) is 0 Å². The molecule has 0 spiro atoms. The lowest BCUT2D eigenvalue weighted by Gasteiger charge is -2.14. The number of para-hydroxylation sites is 1. The third-order valence-electron chi connectivity index (χ3n) is 3.09. The number of methoxy groups -OCH3 is 1. The van der Waals surface area contributed by atoms with Crippen molar-refractivity contribution in [2.75, 3.05) is 13.7 Å². The number of hydrogen-bond donors (Lipinski definition) is 2. The fraction of sp³-hybridized carbons (Fsp3) is 0.267. The van der Waals surface area contributed by atoms with Crippen LogP contribution in [0.5, 0.6) is 0 Å². The van der Waals surface area contributed by atoms with Gasteiger partial charge in [0.1, 0.15) is 6.04 Å². The minimum Gasteiger partial charge on any atom is -0.480 e. The van der Waals surface area contributed by atoms with Crippen molar-refractivity contribution in [2.45, 2.75) is 12.5 Å². The number of aromatic nitrogens is 1. The minimum atomic E-state index is -1.09. The zero-order valence-corrected chi connectivity index (χ0v) is 11.6. The van der Waals surface area contributed by atoms with Crippen LogP contribution < -0.4 is 5.32 Å². The summed E-state index contributed by atoms with van der Waals surface area (Å²) in [5, 5.41) is 12.5. The average molecular weight is 288 g/mol. The van der Waals surface area contributed by atoms with Crippen molar-refractivity contribution in [3.63, 3.8) is 0 Å². The first-order chi connectivity index (χ1) is 10.1. The molecule has 6 nitrogen and oxygen atoms in total. The molecule has 2 N–H and O–H groups in total. The Morgan fingerprint density at radius 1 is 1.33 bits per heavy atom. The van der Waals surface area contributed by atoms with E-state index in [1.807, 2.05) is 12.1 Å². The third kappa shape index (κ3) is 3.55. The Kier molecular flexibility index (Phi) is 4.84. The Balaban J connectivity index is 2.23. The zero-order chi connectivity index (χ0) is 15.2. The topological polar surface area (TPSA) is 88.5 Å². The van der Waals surface area contributed by atoms with Crippen molar-refractivity contribution in [2.24, 2.45) is 0 Å². The normalized spacial score (nSPS) is 12.0. The van der Waals surface area contributed by atoms with E-state index in [4.69, 9.17) is 9.84 Å². The van der Waals surface area contributed by atoms with Gasteiger partial charge in [-0.25, -0.2) is 4.79 Å². The van der Waals surface area contributed by atoms with Crippen LogP contribution in [0.1, 0.15) is 16.8 Å². The maximum atomic E-state index is 12.3. The molecule has 0 saturated heterocycles. The lowest BCUT2D eigenvalue weighted by Crippen LogP contribution is -2.41. The Morgan fingerprint density at radius 2 is 2.10 bits per heavy atom. The molecule has 2 aromatic rings. The van der Waals surface area contributed by atoms with Crippen LogP contribution in [0.15, 0.2) is 36.5 Å². The van der Waals surface area contributed by atoms with E-state index in [0.717, 1.165) is 5.39 Å². The number of carboxylic acid groups (broad SMARTS) is 1. The van der Waals surface area contributed by atoms with E-state index >= 15 is 0 Å². The highest BCUT2D eigenvalue weighted by Gasteiger charge is 2.21. The molecule has 1 heterocycles. The van der Waals surface area contributed by atoms with Gasteiger partial charge in [-0.05, 0) is 12.1 Å². The van der Waals surface area contributed by atoms with Crippen LogP contribution >= 0.6 is 0 Å². The van der Waals surface area contributed by atoms with Crippen molar-refractivity contribution >= 4 is 22.8 Å². The lowest BCUT2D eigenvalue weighted by molar-refractivity contribution is -0.139. The summed E-state index contributed by atoms with van der Waals surface area (Å²) in [4.78, 5) is 27.6. The van der Waals surface area contributed by atoms with Gasteiger partial charge in [0.15, 0.2) is 0 Å². The molecule has 21 heavy (non-hydrogen) atoms. The molecule has 1 atom stereocenters. The number of rotatable bonds is 6. The van der Waals surface area contributed by atoms with E-state index in [1.165, 1.54) is 7.11 Å². The van der Waals surface area contributed by atoms with Crippen LogP contribution in [-0.4, -0.2) is 41.7 Å². The van der Waals surface area contributed by atoms with Gasteiger partial charge < -0.3 is 15.2 Å². The van der Waals surface area contributed by atoms with Crippen molar-refractivity contribution in [1.82, 2.24) is 10.3 Å². The quantitative estimate of drug-likeness (QED) is 0.840. The molecule has 6 heteroatoms. The van der Waals surface area contributed by atoms with E-state index in [9.17, 15) is 9.59 Å². The highest BCUT2D eigenvalue weighted by molar-refractivity contribution is 6.06. The van der Waals surface area contributed by atoms with Crippen LogP contribution in [0.3, 0.4) is 0 Å². The number of carboxylic acids is 1. The third-order valence-corrected chi connectivity index (χ3v) is 3.09. The van der Waals surface area contributed by atoms with Crippen molar-refractivity contribution < 1.29 is 19.4 Å². The van der Waals surface area contributed by atoms with Gasteiger partial charge >= 0.3 is 5.97 Å². The molecule has 0 bridgehead atoms. The predicted molar refractivity (Wildman–Crippen MR) is 77.1 cm³/mol. The number of pyridine rings is 1. The van der Waals surface area contributed by atoms with Gasteiger partial charge in [-0.2, -0.15) is 0 Å². The van der Waals surface area contributed by atoms with Gasteiger partial charge in [-0.3, -0.25) is 9.78 Å². The Labute approximate surface area is 121 Å². The number of amides is 1. The molecule has 0 aliphatic rings. The highest BCUT2D eigenvalue weighted by atomic mass is 16.5. The standard InChI is InChI=1S/C15H16N2O4/c1-21-9-7-12(15(19)20)17-14(18)11-6-2-4-10-5-3-8-16-13(10)11/h2-6,8,12H,7,9H2,1H3,(H,17,18)(H,19,20). The summed E-state index contributed by atoms with van der Waals surface area (Å²) in [6, 6.07) is 7.85. The molecule has 1 amide bonds. The minimum absolute atomic E-state index is 0.204. The number of aliphatic carboxylic acids is 1. The first-order valence-electron chi connectivity index (χ1n) is 6.50. The number of hydrogen-bond acceptors (Lipinski definition) is 4. The van der Waals surface area contributed by atoms with Gasteiger partial charge in [-0.15, -0.1) is 0 Å². The van der Waals surface area contributed by atoms with Gasteiger partial charge in [0.05, 0.1) is 11.1 Å². The number of carbonyl (C=O) groups excluding carboxylic acids is 1. The first-order valence-corrected chi connectivity index (χ1v) is 6.50. The number of carbonyl (C=O) groups is 2. The maximum absolute atomic E-state index is 12.3. The van der Waals surface area contributed by atoms with Gasteiger partial charge in [-0.1, -0.05) is 18.2 Å². The molecule has 0 saturated carbocycles.